The SMILES string of the molecule is Cc1c(C#Cc2cccc3nc([C@H](C)NCc4c(N)nn5cccnc45)n(-c4ccccc4)c(=O)c23)cnn1C. The summed E-state index contributed by atoms with van der Waals surface area (Å²) in [7, 11) is 1.87. The highest BCUT2D eigenvalue weighted by atomic mass is 16.1. The molecule has 40 heavy (non-hydrogen) atoms. The molecule has 0 fully saturated rings. The minimum absolute atomic E-state index is 0.190. The van der Waals surface area contributed by atoms with E-state index in [0.29, 0.717) is 46.0 Å². The largest absolute Gasteiger partial charge is 0.382 e. The maximum absolute atomic E-state index is 14.2. The number of aryl methyl sites for hydroxylation is 1. The summed E-state index contributed by atoms with van der Waals surface area (Å²) in [6.07, 6.45) is 5.24. The molecule has 1 atom stereocenters. The highest BCUT2D eigenvalue weighted by Crippen LogP contribution is 2.22. The van der Waals surface area contributed by atoms with Gasteiger partial charge in [-0.3, -0.25) is 14.0 Å². The van der Waals surface area contributed by atoms with Crippen LogP contribution >= 0.6 is 0 Å². The van der Waals surface area contributed by atoms with Gasteiger partial charge in [0.1, 0.15) is 5.82 Å². The number of hydrogen-bond donors (Lipinski definition) is 2. The number of hydrogen-bond acceptors (Lipinski definition) is 7. The van der Waals surface area contributed by atoms with Gasteiger partial charge in [0, 0.05) is 31.5 Å². The zero-order valence-electron chi connectivity index (χ0n) is 22.3. The van der Waals surface area contributed by atoms with Crippen molar-refractivity contribution in [2.24, 2.45) is 7.05 Å². The Morgan fingerprint density at radius 1 is 1.05 bits per heavy atom. The van der Waals surface area contributed by atoms with Gasteiger partial charge in [0.25, 0.3) is 5.56 Å². The monoisotopic (exact) mass is 529 g/mol. The van der Waals surface area contributed by atoms with Crippen molar-refractivity contribution in [1.82, 2.24) is 39.2 Å². The van der Waals surface area contributed by atoms with Gasteiger partial charge in [0.2, 0.25) is 0 Å². The lowest BCUT2D eigenvalue weighted by molar-refractivity contribution is 0.534. The molecule has 0 saturated carbocycles. The molecule has 0 amide bonds. The summed E-state index contributed by atoms with van der Waals surface area (Å²) in [5.41, 5.74) is 11.1. The number of fused-ring (bicyclic) bond motifs is 2. The lowest BCUT2D eigenvalue weighted by atomic mass is 10.1. The first-order chi connectivity index (χ1) is 19.4. The predicted octanol–water partition coefficient (Wildman–Crippen LogP) is 3.30. The molecule has 10 heteroatoms. The normalized spacial score (nSPS) is 12.0. The van der Waals surface area contributed by atoms with Crippen molar-refractivity contribution in [1.29, 1.82) is 0 Å². The van der Waals surface area contributed by atoms with E-state index in [2.05, 4.69) is 32.3 Å². The first-order valence-corrected chi connectivity index (χ1v) is 12.8. The number of nitrogen functional groups attached to an aromatic ring is 1. The summed E-state index contributed by atoms with van der Waals surface area (Å²) in [6.45, 7) is 4.32. The van der Waals surface area contributed by atoms with Crippen molar-refractivity contribution >= 4 is 22.4 Å². The van der Waals surface area contributed by atoms with Crippen LogP contribution in [0.25, 0.3) is 22.2 Å². The van der Waals surface area contributed by atoms with E-state index in [1.165, 1.54) is 0 Å². The van der Waals surface area contributed by atoms with Crippen LogP contribution in [-0.4, -0.2) is 33.9 Å². The molecule has 198 valence electrons. The van der Waals surface area contributed by atoms with Gasteiger partial charge >= 0.3 is 0 Å². The maximum Gasteiger partial charge on any atom is 0.267 e. The summed E-state index contributed by atoms with van der Waals surface area (Å²) in [4.78, 5) is 23.6. The van der Waals surface area contributed by atoms with Crippen LogP contribution in [-0.2, 0) is 13.6 Å². The van der Waals surface area contributed by atoms with E-state index in [1.54, 1.807) is 38.4 Å². The van der Waals surface area contributed by atoms with E-state index in [4.69, 9.17) is 10.7 Å². The lowest BCUT2D eigenvalue weighted by Gasteiger charge is -2.20. The Morgan fingerprint density at radius 2 is 1.85 bits per heavy atom. The number of benzene rings is 2. The fourth-order valence-corrected chi connectivity index (χ4v) is 4.69. The van der Waals surface area contributed by atoms with Crippen molar-refractivity contribution in [3.05, 3.63) is 112 Å². The molecule has 0 bridgehead atoms. The van der Waals surface area contributed by atoms with Gasteiger partial charge in [-0.1, -0.05) is 36.1 Å². The van der Waals surface area contributed by atoms with Crippen LogP contribution in [0, 0.1) is 18.8 Å². The molecule has 3 N–H and O–H groups in total. The standard InChI is InChI=1S/C30H27N9O/c1-19(33-18-24-27(31)36-38-16-8-15-32-29(24)38)28-35-25-12-7-9-21(13-14-22-17-34-37(3)20(22)2)26(25)30(40)39(28)23-10-5-4-6-11-23/h4-12,15-17,19,33H,18H2,1-3H3,(H2,31,36)/t19-/m0/s1. The number of nitrogens with one attached hydrogen (secondary N) is 1. The number of anilines is 1. The van der Waals surface area contributed by atoms with Gasteiger partial charge in [0.05, 0.1) is 45.6 Å². The van der Waals surface area contributed by atoms with Crippen LogP contribution < -0.4 is 16.6 Å². The van der Waals surface area contributed by atoms with E-state index < -0.39 is 0 Å². The second-order valence-corrected chi connectivity index (χ2v) is 9.52. The first kappa shape index (κ1) is 25.0. The Balaban J connectivity index is 1.45. The molecule has 0 unspecified atom stereocenters. The Morgan fingerprint density at radius 3 is 2.62 bits per heavy atom. The summed E-state index contributed by atoms with van der Waals surface area (Å²) in [5.74, 6) is 7.34. The van der Waals surface area contributed by atoms with Crippen molar-refractivity contribution in [2.45, 2.75) is 26.4 Å². The van der Waals surface area contributed by atoms with Crippen LogP contribution in [0.1, 0.15) is 41.2 Å². The minimum Gasteiger partial charge on any atom is -0.382 e. The number of rotatable bonds is 5. The molecule has 0 aliphatic rings. The minimum atomic E-state index is -0.317. The zero-order valence-corrected chi connectivity index (χ0v) is 22.3. The lowest BCUT2D eigenvalue weighted by Crippen LogP contribution is -2.30. The smallest absolute Gasteiger partial charge is 0.267 e. The molecule has 2 aromatic carbocycles. The predicted molar refractivity (Wildman–Crippen MR) is 154 cm³/mol. The average molecular weight is 530 g/mol. The summed E-state index contributed by atoms with van der Waals surface area (Å²) < 4.78 is 5.08. The fraction of sp³-hybridized carbons (Fsp3) is 0.167. The molecule has 0 radical (unpaired) electrons. The first-order valence-electron chi connectivity index (χ1n) is 12.8. The Hall–Kier alpha value is -5.27. The summed E-state index contributed by atoms with van der Waals surface area (Å²) >= 11 is 0. The molecular weight excluding hydrogens is 502 g/mol. The quantitative estimate of drug-likeness (QED) is 0.329. The van der Waals surface area contributed by atoms with Gasteiger partial charge in [-0.2, -0.15) is 5.10 Å². The fourth-order valence-electron chi connectivity index (χ4n) is 4.69. The second-order valence-electron chi connectivity index (χ2n) is 9.52. The third-order valence-corrected chi connectivity index (χ3v) is 7.00. The average Bonchev–Trinajstić information content (AvgIpc) is 3.47. The van der Waals surface area contributed by atoms with Crippen molar-refractivity contribution in [3.63, 3.8) is 0 Å². The molecule has 4 aromatic heterocycles. The van der Waals surface area contributed by atoms with E-state index in [9.17, 15) is 4.79 Å². The van der Waals surface area contributed by atoms with E-state index in [-0.39, 0.29) is 11.6 Å². The van der Waals surface area contributed by atoms with Gasteiger partial charge in [-0.25, -0.2) is 14.5 Å². The van der Waals surface area contributed by atoms with Gasteiger partial charge in [-0.05, 0) is 44.2 Å². The van der Waals surface area contributed by atoms with E-state index in [1.807, 2.05) is 69.4 Å². The van der Waals surface area contributed by atoms with Crippen molar-refractivity contribution in [2.75, 3.05) is 5.73 Å². The molecule has 0 aliphatic carbocycles. The van der Waals surface area contributed by atoms with Gasteiger partial charge < -0.3 is 11.1 Å². The molecule has 10 nitrogen and oxygen atoms in total. The van der Waals surface area contributed by atoms with Crippen LogP contribution in [0.5, 0.6) is 0 Å². The maximum atomic E-state index is 14.2. The van der Waals surface area contributed by atoms with E-state index >= 15 is 0 Å². The number of para-hydroxylation sites is 1. The number of nitrogens with two attached hydrogens (primary N) is 1. The molecule has 0 saturated heterocycles. The Kier molecular flexibility index (Phi) is 6.34. The summed E-state index contributed by atoms with van der Waals surface area (Å²) in [6, 6.07) is 16.5. The summed E-state index contributed by atoms with van der Waals surface area (Å²) in [5, 5.41) is 12.5. The second kappa shape index (κ2) is 10.1. The van der Waals surface area contributed by atoms with Gasteiger partial charge in [0.15, 0.2) is 11.5 Å². The van der Waals surface area contributed by atoms with E-state index in [0.717, 1.165) is 16.8 Å². The Bertz CT molecular complexity index is 1990. The van der Waals surface area contributed by atoms with Gasteiger partial charge in [-0.15, -0.1) is 5.10 Å². The van der Waals surface area contributed by atoms with Crippen molar-refractivity contribution in [3.8, 4) is 17.5 Å². The van der Waals surface area contributed by atoms with Crippen LogP contribution in [0.3, 0.4) is 0 Å². The van der Waals surface area contributed by atoms with Crippen molar-refractivity contribution < 1.29 is 0 Å². The molecular formula is C30H27N9O. The number of aromatic nitrogens is 7. The highest BCUT2D eigenvalue weighted by Gasteiger charge is 2.20. The molecule has 0 spiro atoms. The molecule has 6 aromatic rings. The van der Waals surface area contributed by atoms with Crippen LogP contribution in [0.2, 0.25) is 0 Å². The molecule has 4 heterocycles. The Labute approximate surface area is 230 Å². The van der Waals surface area contributed by atoms with Crippen LogP contribution in [0.4, 0.5) is 5.82 Å². The highest BCUT2D eigenvalue weighted by molar-refractivity contribution is 5.85. The topological polar surface area (TPSA) is 121 Å². The molecule has 0 aliphatic heterocycles. The third kappa shape index (κ3) is 4.38. The zero-order chi connectivity index (χ0) is 27.8. The number of nitrogens with zero attached hydrogens (tertiary/aromatic N) is 7. The third-order valence-electron chi connectivity index (χ3n) is 7.00. The van der Waals surface area contributed by atoms with Crippen LogP contribution in [0.15, 0.2) is 78.0 Å². The molecule has 6 rings (SSSR count).